The minimum atomic E-state index is -3.91. The molecule has 0 rings (SSSR count). The molecular weight excluding hydrogens is 327 g/mol. The molecule has 0 unspecified atom stereocenters. The Hall–Kier alpha value is 0.619. The van der Waals surface area contributed by atoms with E-state index in [4.69, 9.17) is 0 Å². The SMILES string of the molecule is CCS(=O)(=O)[O-].CCS(=O)(=O)[O-].[Sn+2]. The fourth-order valence-electron chi connectivity index (χ4n) is 0. The van der Waals surface area contributed by atoms with Gasteiger partial charge < -0.3 is 9.11 Å². The zero-order valence-electron chi connectivity index (χ0n) is 7.18. The summed E-state index contributed by atoms with van der Waals surface area (Å²) in [4.78, 5) is 0. The van der Waals surface area contributed by atoms with Crippen LogP contribution in [0.25, 0.3) is 0 Å². The van der Waals surface area contributed by atoms with Crippen LogP contribution in [0.15, 0.2) is 0 Å². The Labute approximate surface area is 95.2 Å². The molecule has 0 aromatic rings. The molecular formula is C4H10O6S2Sn. The molecule has 78 valence electrons. The summed E-state index contributed by atoms with van der Waals surface area (Å²) in [5, 5.41) is 0. The van der Waals surface area contributed by atoms with Gasteiger partial charge in [0.25, 0.3) is 0 Å². The van der Waals surface area contributed by atoms with Gasteiger partial charge in [-0.3, -0.25) is 0 Å². The molecule has 9 heteroatoms. The Balaban J connectivity index is -0.000000143. The maximum atomic E-state index is 9.44. The second kappa shape index (κ2) is 7.97. The molecule has 0 amide bonds. The van der Waals surface area contributed by atoms with Crippen molar-refractivity contribution in [2.75, 3.05) is 11.5 Å². The van der Waals surface area contributed by atoms with Crippen LogP contribution in [0.1, 0.15) is 13.8 Å². The van der Waals surface area contributed by atoms with Crippen molar-refractivity contribution in [2.24, 2.45) is 0 Å². The van der Waals surface area contributed by atoms with Crippen LogP contribution in [0.3, 0.4) is 0 Å². The van der Waals surface area contributed by atoms with Crippen molar-refractivity contribution in [3.63, 3.8) is 0 Å². The standard InChI is InChI=1S/2C2H6O3S.Sn/c2*1-2-6(3,4)5;/h2*2H2,1H3,(H,3,4,5);/q;;+2/p-2. The Morgan fingerprint density at radius 3 is 0.923 bits per heavy atom. The second-order valence-electron chi connectivity index (χ2n) is 1.69. The molecule has 6 nitrogen and oxygen atoms in total. The molecule has 0 aliphatic heterocycles. The van der Waals surface area contributed by atoms with Crippen molar-refractivity contribution in [1.82, 2.24) is 0 Å². The van der Waals surface area contributed by atoms with Gasteiger partial charge in [0.1, 0.15) is 0 Å². The van der Waals surface area contributed by atoms with Gasteiger partial charge in [0.05, 0.1) is 20.2 Å². The van der Waals surface area contributed by atoms with E-state index in [0.29, 0.717) is 0 Å². The summed E-state index contributed by atoms with van der Waals surface area (Å²) < 4.78 is 56.7. The summed E-state index contributed by atoms with van der Waals surface area (Å²) >= 11 is 0. The summed E-state index contributed by atoms with van der Waals surface area (Å²) in [6.45, 7) is 2.62. The molecule has 0 fully saturated rings. The quantitative estimate of drug-likeness (QED) is 0.458. The van der Waals surface area contributed by atoms with Crippen molar-refractivity contribution in [3.05, 3.63) is 0 Å². The van der Waals surface area contributed by atoms with Crippen LogP contribution >= 0.6 is 0 Å². The van der Waals surface area contributed by atoms with Gasteiger partial charge in [0.15, 0.2) is 0 Å². The third-order valence-corrected chi connectivity index (χ3v) is 2.12. The first-order valence-electron chi connectivity index (χ1n) is 2.99. The van der Waals surface area contributed by atoms with Crippen LogP contribution in [0, 0.1) is 0 Å². The Morgan fingerprint density at radius 2 is 0.923 bits per heavy atom. The van der Waals surface area contributed by atoms with Crippen LogP contribution in [0.2, 0.25) is 0 Å². The van der Waals surface area contributed by atoms with Crippen LogP contribution in [-0.2, 0) is 20.2 Å². The first-order chi connectivity index (χ1) is 5.12. The fourth-order valence-corrected chi connectivity index (χ4v) is 0. The van der Waals surface area contributed by atoms with Crippen molar-refractivity contribution in [1.29, 1.82) is 0 Å². The largest absolute Gasteiger partial charge is 2.00 e. The van der Waals surface area contributed by atoms with Gasteiger partial charge in [-0.15, -0.1) is 0 Å². The van der Waals surface area contributed by atoms with Crippen LogP contribution in [-0.4, -0.2) is 61.4 Å². The molecule has 0 saturated carbocycles. The molecule has 0 aliphatic rings. The smallest absolute Gasteiger partial charge is 0.748 e. The van der Waals surface area contributed by atoms with Gasteiger partial charge in [-0.25, -0.2) is 16.8 Å². The van der Waals surface area contributed by atoms with Crippen molar-refractivity contribution >= 4 is 44.1 Å². The summed E-state index contributed by atoms with van der Waals surface area (Å²) in [5.74, 6) is -0.625. The molecule has 0 saturated heterocycles. The zero-order valence-corrected chi connectivity index (χ0v) is 11.7. The predicted octanol–water partition coefficient (Wildman–Crippen LogP) is -1.28. The van der Waals surface area contributed by atoms with Crippen molar-refractivity contribution in [2.45, 2.75) is 13.8 Å². The summed E-state index contributed by atoms with van der Waals surface area (Å²) in [6.07, 6.45) is 0. The number of hydrogen-bond donors (Lipinski definition) is 0. The molecule has 0 bridgehead atoms. The summed E-state index contributed by atoms with van der Waals surface area (Å²) in [5.41, 5.74) is 0. The first-order valence-corrected chi connectivity index (χ1v) is 6.15. The van der Waals surface area contributed by atoms with Crippen LogP contribution in [0.4, 0.5) is 0 Å². The molecule has 0 spiro atoms. The van der Waals surface area contributed by atoms with Crippen LogP contribution in [0.5, 0.6) is 0 Å². The van der Waals surface area contributed by atoms with Gasteiger partial charge in [-0.2, -0.15) is 0 Å². The maximum Gasteiger partial charge on any atom is 2.00 e. The van der Waals surface area contributed by atoms with E-state index in [-0.39, 0.29) is 35.4 Å². The average molecular weight is 337 g/mol. The summed E-state index contributed by atoms with van der Waals surface area (Å²) in [6, 6.07) is 0. The molecule has 2 radical (unpaired) electrons. The molecule has 13 heavy (non-hydrogen) atoms. The van der Waals surface area contributed by atoms with E-state index in [1.165, 1.54) is 13.8 Å². The van der Waals surface area contributed by atoms with Crippen LogP contribution < -0.4 is 0 Å². The Morgan fingerprint density at radius 1 is 0.846 bits per heavy atom. The van der Waals surface area contributed by atoms with Gasteiger partial charge in [-0.05, 0) is 0 Å². The van der Waals surface area contributed by atoms with Crippen molar-refractivity contribution < 1.29 is 25.9 Å². The molecule has 0 aliphatic carbocycles. The summed E-state index contributed by atoms with van der Waals surface area (Å²) in [7, 11) is -7.82. The van der Waals surface area contributed by atoms with E-state index < -0.39 is 20.2 Å². The third-order valence-electron chi connectivity index (χ3n) is 0.707. The number of hydrogen-bond acceptors (Lipinski definition) is 6. The first kappa shape index (κ1) is 19.2. The maximum absolute atomic E-state index is 9.44. The van der Waals surface area contributed by atoms with E-state index in [0.717, 1.165) is 0 Å². The zero-order chi connectivity index (χ0) is 10.4. The van der Waals surface area contributed by atoms with E-state index in [2.05, 4.69) is 0 Å². The predicted molar refractivity (Wildman–Crippen MR) is 46.2 cm³/mol. The fraction of sp³-hybridized carbons (Fsp3) is 1.00. The number of rotatable bonds is 2. The van der Waals surface area contributed by atoms with E-state index in [9.17, 15) is 25.9 Å². The van der Waals surface area contributed by atoms with Gasteiger partial charge >= 0.3 is 23.9 Å². The topological polar surface area (TPSA) is 114 Å². The molecule has 0 N–H and O–H groups in total. The molecule has 0 heterocycles. The monoisotopic (exact) mass is 338 g/mol. The molecule has 0 aromatic heterocycles. The van der Waals surface area contributed by atoms with Gasteiger partial charge in [0, 0.05) is 11.5 Å². The Kier molecular flexibility index (Phi) is 11.8. The molecule has 0 aromatic carbocycles. The Bertz CT molecular complexity index is 259. The molecule has 0 atom stereocenters. The van der Waals surface area contributed by atoms with E-state index in [1.54, 1.807) is 0 Å². The average Bonchev–Trinajstić information content (AvgIpc) is 1.86. The third kappa shape index (κ3) is 32.5. The van der Waals surface area contributed by atoms with Crippen molar-refractivity contribution in [3.8, 4) is 0 Å². The van der Waals surface area contributed by atoms with E-state index >= 15 is 0 Å². The van der Waals surface area contributed by atoms with E-state index in [1.807, 2.05) is 0 Å². The van der Waals surface area contributed by atoms with Gasteiger partial charge in [-0.1, -0.05) is 13.8 Å². The normalized spacial score (nSPS) is 10.8. The minimum Gasteiger partial charge on any atom is -0.748 e. The van der Waals surface area contributed by atoms with Gasteiger partial charge in [0.2, 0.25) is 0 Å². The minimum absolute atomic E-state index is 0. The second-order valence-corrected chi connectivity index (χ2v) is 5.08.